The predicted molar refractivity (Wildman–Crippen MR) is 87.3 cm³/mol. The number of nitrogens with zero attached hydrogens (tertiary/aromatic N) is 2. The Bertz CT molecular complexity index is 675. The molecule has 2 N–H and O–H groups in total. The summed E-state index contributed by atoms with van der Waals surface area (Å²) < 4.78 is 19.3. The summed E-state index contributed by atoms with van der Waals surface area (Å²) in [7, 11) is 0. The number of hydrogen-bond donors (Lipinski definition) is 2. The van der Waals surface area contributed by atoms with Gasteiger partial charge in [-0.1, -0.05) is 12.1 Å². The third-order valence-corrected chi connectivity index (χ3v) is 3.96. The second-order valence-electron chi connectivity index (χ2n) is 5.71. The van der Waals surface area contributed by atoms with Gasteiger partial charge in [-0.05, 0) is 37.8 Å². The molecule has 1 aromatic carbocycles. The van der Waals surface area contributed by atoms with Gasteiger partial charge in [0.05, 0.1) is 11.9 Å². The lowest BCUT2D eigenvalue weighted by atomic mass is 9.93. The molecule has 1 aliphatic carbocycles. The Kier molecular flexibility index (Phi) is 5.20. The van der Waals surface area contributed by atoms with Crippen molar-refractivity contribution < 1.29 is 13.9 Å². The van der Waals surface area contributed by atoms with E-state index in [0.29, 0.717) is 5.88 Å². The van der Waals surface area contributed by atoms with Crippen LogP contribution in [0, 0.1) is 5.82 Å². The smallest absolute Gasteiger partial charge is 0.319 e. The Labute approximate surface area is 139 Å². The number of anilines is 1. The quantitative estimate of drug-likeness (QED) is 0.903. The Morgan fingerprint density at radius 3 is 2.67 bits per heavy atom. The zero-order valence-corrected chi connectivity index (χ0v) is 13.1. The van der Waals surface area contributed by atoms with E-state index < -0.39 is 11.8 Å². The molecular formula is C17H19FN4O2. The first-order chi connectivity index (χ1) is 11.7. The lowest BCUT2D eigenvalue weighted by Gasteiger charge is -2.29. The first-order valence-corrected chi connectivity index (χ1v) is 7.95. The number of ether oxygens (including phenoxy) is 1. The minimum absolute atomic E-state index is 0.0541. The van der Waals surface area contributed by atoms with Crippen LogP contribution in [-0.2, 0) is 0 Å². The van der Waals surface area contributed by atoms with Gasteiger partial charge in [0.15, 0.2) is 0 Å². The van der Waals surface area contributed by atoms with Crippen LogP contribution in [0.25, 0.3) is 0 Å². The number of carbonyl (C=O) groups excluding carboxylic acids is 1. The van der Waals surface area contributed by atoms with Gasteiger partial charge >= 0.3 is 6.03 Å². The number of para-hydroxylation sites is 1. The molecule has 0 saturated heterocycles. The van der Waals surface area contributed by atoms with Crippen molar-refractivity contribution in [2.75, 3.05) is 5.32 Å². The third-order valence-electron chi connectivity index (χ3n) is 3.96. The molecule has 24 heavy (non-hydrogen) atoms. The van der Waals surface area contributed by atoms with E-state index in [2.05, 4.69) is 20.6 Å². The minimum Gasteiger partial charge on any atom is -0.473 e. The van der Waals surface area contributed by atoms with Crippen molar-refractivity contribution in [3.05, 3.63) is 48.7 Å². The van der Waals surface area contributed by atoms with Gasteiger partial charge in [-0.3, -0.25) is 4.98 Å². The first-order valence-electron chi connectivity index (χ1n) is 7.95. The van der Waals surface area contributed by atoms with Crippen LogP contribution < -0.4 is 15.4 Å². The summed E-state index contributed by atoms with van der Waals surface area (Å²) in [5.41, 5.74) is 0.176. The van der Waals surface area contributed by atoms with E-state index in [-0.39, 0.29) is 17.8 Å². The molecule has 1 aliphatic rings. The molecule has 1 saturated carbocycles. The molecule has 0 bridgehead atoms. The number of urea groups is 1. The van der Waals surface area contributed by atoms with E-state index in [4.69, 9.17) is 4.74 Å². The molecule has 6 nitrogen and oxygen atoms in total. The summed E-state index contributed by atoms with van der Waals surface area (Å²) in [6.07, 6.45) is 8.10. The molecule has 7 heteroatoms. The number of rotatable bonds is 4. The lowest BCUT2D eigenvalue weighted by molar-refractivity contribution is 0.135. The maximum absolute atomic E-state index is 13.5. The molecule has 0 atom stereocenters. The second kappa shape index (κ2) is 7.72. The average Bonchev–Trinajstić information content (AvgIpc) is 2.60. The van der Waals surface area contributed by atoms with Crippen molar-refractivity contribution in [3.63, 3.8) is 0 Å². The van der Waals surface area contributed by atoms with Crippen molar-refractivity contribution >= 4 is 11.7 Å². The van der Waals surface area contributed by atoms with Crippen LogP contribution in [0.4, 0.5) is 14.9 Å². The molecule has 0 spiro atoms. The molecule has 1 fully saturated rings. The molecular weight excluding hydrogens is 311 g/mol. The van der Waals surface area contributed by atoms with Crippen LogP contribution in [0.2, 0.25) is 0 Å². The van der Waals surface area contributed by atoms with Crippen molar-refractivity contribution in [2.24, 2.45) is 0 Å². The van der Waals surface area contributed by atoms with Gasteiger partial charge in [0.25, 0.3) is 0 Å². The molecule has 0 radical (unpaired) electrons. The molecule has 3 rings (SSSR count). The number of hydrogen-bond acceptors (Lipinski definition) is 4. The number of amides is 2. The van der Waals surface area contributed by atoms with Crippen LogP contribution in [0.5, 0.6) is 5.88 Å². The summed E-state index contributed by atoms with van der Waals surface area (Å²) in [6.45, 7) is 0. The highest BCUT2D eigenvalue weighted by atomic mass is 19.1. The maximum atomic E-state index is 13.5. The first kappa shape index (κ1) is 16.2. The van der Waals surface area contributed by atoms with Gasteiger partial charge < -0.3 is 15.4 Å². The summed E-state index contributed by atoms with van der Waals surface area (Å²) in [6, 6.07) is 5.76. The fourth-order valence-electron chi connectivity index (χ4n) is 2.75. The predicted octanol–water partition coefficient (Wildman–Crippen LogP) is 3.13. The van der Waals surface area contributed by atoms with Gasteiger partial charge in [-0.2, -0.15) is 0 Å². The minimum atomic E-state index is -0.450. The van der Waals surface area contributed by atoms with Gasteiger partial charge in [-0.25, -0.2) is 14.2 Å². The van der Waals surface area contributed by atoms with Crippen LogP contribution in [0.3, 0.4) is 0 Å². The van der Waals surface area contributed by atoms with E-state index in [1.165, 1.54) is 12.1 Å². The fraction of sp³-hybridized carbons (Fsp3) is 0.353. The normalized spacial score (nSPS) is 20.2. The molecule has 2 aromatic rings. The van der Waals surface area contributed by atoms with E-state index >= 15 is 0 Å². The average molecular weight is 330 g/mol. The maximum Gasteiger partial charge on any atom is 0.319 e. The highest BCUT2D eigenvalue weighted by molar-refractivity contribution is 5.89. The number of nitrogens with one attached hydrogen (secondary N) is 2. The van der Waals surface area contributed by atoms with E-state index in [1.54, 1.807) is 30.7 Å². The van der Waals surface area contributed by atoms with E-state index in [9.17, 15) is 9.18 Å². The Balaban J connectivity index is 1.43. The number of carbonyl (C=O) groups is 1. The van der Waals surface area contributed by atoms with Crippen LogP contribution >= 0.6 is 0 Å². The third kappa shape index (κ3) is 4.41. The SMILES string of the molecule is O=C(Nc1ccccc1F)NC1CCC(Oc2cnccn2)CC1. The van der Waals surface area contributed by atoms with Crippen molar-refractivity contribution in [2.45, 2.75) is 37.8 Å². The Morgan fingerprint density at radius 1 is 1.17 bits per heavy atom. The number of aromatic nitrogens is 2. The standard InChI is InChI=1S/C17H19FN4O2/c18-14-3-1-2-4-15(14)22-17(23)21-12-5-7-13(8-6-12)24-16-11-19-9-10-20-16/h1-4,9-13H,5-8H2,(H2,21,22,23). The number of halogens is 1. The summed E-state index contributed by atoms with van der Waals surface area (Å²) >= 11 is 0. The second-order valence-corrected chi connectivity index (χ2v) is 5.71. The highest BCUT2D eigenvalue weighted by Crippen LogP contribution is 2.22. The summed E-state index contributed by atoms with van der Waals surface area (Å²) in [5.74, 6) is 0.0694. The van der Waals surface area contributed by atoms with Gasteiger partial charge in [0.1, 0.15) is 11.9 Å². The van der Waals surface area contributed by atoms with Crippen LogP contribution in [-0.4, -0.2) is 28.1 Å². The van der Waals surface area contributed by atoms with Crippen molar-refractivity contribution in [1.29, 1.82) is 0 Å². The van der Waals surface area contributed by atoms with Crippen molar-refractivity contribution in [1.82, 2.24) is 15.3 Å². The van der Waals surface area contributed by atoms with Gasteiger partial charge in [0.2, 0.25) is 5.88 Å². The van der Waals surface area contributed by atoms with E-state index in [0.717, 1.165) is 25.7 Å². The largest absolute Gasteiger partial charge is 0.473 e. The van der Waals surface area contributed by atoms with Gasteiger partial charge in [0, 0.05) is 18.4 Å². The van der Waals surface area contributed by atoms with Crippen molar-refractivity contribution in [3.8, 4) is 5.88 Å². The summed E-state index contributed by atoms with van der Waals surface area (Å²) in [5, 5.41) is 5.41. The lowest BCUT2D eigenvalue weighted by Crippen LogP contribution is -2.41. The van der Waals surface area contributed by atoms with E-state index in [1.807, 2.05) is 0 Å². The zero-order valence-electron chi connectivity index (χ0n) is 13.1. The summed E-state index contributed by atoms with van der Waals surface area (Å²) in [4.78, 5) is 20.0. The van der Waals surface area contributed by atoms with Gasteiger partial charge in [-0.15, -0.1) is 0 Å². The molecule has 1 heterocycles. The molecule has 0 unspecified atom stereocenters. The van der Waals surface area contributed by atoms with Crippen LogP contribution in [0.1, 0.15) is 25.7 Å². The topological polar surface area (TPSA) is 76.1 Å². The number of benzene rings is 1. The monoisotopic (exact) mass is 330 g/mol. The molecule has 0 aliphatic heterocycles. The molecule has 126 valence electrons. The zero-order chi connectivity index (χ0) is 16.8. The molecule has 1 aromatic heterocycles. The fourth-order valence-corrected chi connectivity index (χ4v) is 2.75. The Hall–Kier alpha value is -2.70. The highest BCUT2D eigenvalue weighted by Gasteiger charge is 2.24. The molecule has 2 amide bonds. The van der Waals surface area contributed by atoms with Crippen LogP contribution in [0.15, 0.2) is 42.9 Å². The Morgan fingerprint density at radius 2 is 1.96 bits per heavy atom.